The summed E-state index contributed by atoms with van der Waals surface area (Å²) in [5.41, 5.74) is 0.715. The molecule has 28 heavy (non-hydrogen) atoms. The molecule has 148 valence electrons. The Morgan fingerprint density at radius 2 is 1.71 bits per heavy atom. The molecule has 1 atom stereocenters. The fourth-order valence-corrected chi connectivity index (χ4v) is 2.42. The first kappa shape index (κ1) is 20.9. The number of rotatable bonds is 8. The van der Waals surface area contributed by atoms with Gasteiger partial charge in [-0.15, -0.1) is 0 Å². The van der Waals surface area contributed by atoms with Gasteiger partial charge in [-0.3, -0.25) is 10.1 Å². The van der Waals surface area contributed by atoms with E-state index in [2.05, 4.69) is 5.32 Å². The molecule has 0 fully saturated rings. The minimum Gasteiger partial charge on any atom is -0.445 e. The van der Waals surface area contributed by atoms with Gasteiger partial charge in [-0.25, -0.2) is 9.59 Å². The van der Waals surface area contributed by atoms with E-state index in [9.17, 15) is 19.7 Å². The smallest absolute Gasteiger partial charge is 0.408 e. The van der Waals surface area contributed by atoms with Crippen LogP contribution in [0.5, 0.6) is 5.75 Å². The lowest BCUT2D eigenvalue weighted by atomic mass is 10.0. The third-order valence-corrected chi connectivity index (χ3v) is 3.76. The van der Waals surface area contributed by atoms with Crippen molar-refractivity contribution < 1.29 is 24.0 Å². The molecule has 0 saturated carbocycles. The summed E-state index contributed by atoms with van der Waals surface area (Å²) in [4.78, 5) is 34.7. The van der Waals surface area contributed by atoms with Gasteiger partial charge in [0.05, 0.1) is 4.92 Å². The number of carbonyl (C=O) groups excluding carboxylic acids is 2. The predicted molar refractivity (Wildman–Crippen MR) is 102 cm³/mol. The molecule has 0 aromatic heterocycles. The average Bonchev–Trinajstić information content (AvgIpc) is 2.66. The Labute approximate surface area is 162 Å². The van der Waals surface area contributed by atoms with Gasteiger partial charge in [0, 0.05) is 12.1 Å². The Hall–Kier alpha value is -3.42. The van der Waals surface area contributed by atoms with Crippen molar-refractivity contribution in [3.8, 4) is 5.75 Å². The maximum Gasteiger partial charge on any atom is 0.408 e. The summed E-state index contributed by atoms with van der Waals surface area (Å²) in [5, 5.41) is 13.2. The largest absolute Gasteiger partial charge is 0.445 e. The number of esters is 1. The van der Waals surface area contributed by atoms with Crippen molar-refractivity contribution in [3.05, 3.63) is 70.3 Å². The second-order valence-electron chi connectivity index (χ2n) is 6.56. The molecule has 0 spiro atoms. The Morgan fingerprint density at radius 3 is 2.29 bits per heavy atom. The van der Waals surface area contributed by atoms with E-state index in [0.29, 0.717) is 6.42 Å². The first-order chi connectivity index (χ1) is 13.3. The zero-order chi connectivity index (χ0) is 20.5. The molecule has 0 aliphatic rings. The second-order valence-corrected chi connectivity index (χ2v) is 6.56. The molecule has 0 radical (unpaired) electrons. The molecule has 8 heteroatoms. The van der Waals surface area contributed by atoms with Gasteiger partial charge >= 0.3 is 12.1 Å². The van der Waals surface area contributed by atoms with Crippen LogP contribution < -0.4 is 10.1 Å². The van der Waals surface area contributed by atoms with Crippen LogP contribution in [0.25, 0.3) is 0 Å². The lowest BCUT2D eigenvalue weighted by Crippen LogP contribution is -2.44. The van der Waals surface area contributed by atoms with Gasteiger partial charge in [-0.1, -0.05) is 44.2 Å². The zero-order valence-electron chi connectivity index (χ0n) is 15.7. The summed E-state index contributed by atoms with van der Waals surface area (Å²) in [5.74, 6) is -0.396. The maximum absolute atomic E-state index is 12.5. The van der Waals surface area contributed by atoms with Crippen LogP contribution in [0.2, 0.25) is 0 Å². The molecular formula is C20H22N2O6. The number of hydrogen-bond donors (Lipinski definition) is 1. The number of amides is 1. The van der Waals surface area contributed by atoms with Crippen molar-refractivity contribution in [2.24, 2.45) is 5.92 Å². The molecule has 0 saturated heterocycles. The Kier molecular flexibility index (Phi) is 7.50. The first-order valence-corrected chi connectivity index (χ1v) is 8.78. The van der Waals surface area contributed by atoms with Crippen molar-refractivity contribution >= 4 is 17.7 Å². The fraction of sp³-hybridized carbons (Fsp3) is 0.300. The summed E-state index contributed by atoms with van der Waals surface area (Å²) in [6.07, 6.45) is -0.373. The molecule has 2 aromatic carbocycles. The van der Waals surface area contributed by atoms with Crippen LogP contribution in [-0.4, -0.2) is 23.0 Å². The summed E-state index contributed by atoms with van der Waals surface area (Å²) in [7, 11) is 0. The number of nitrogens with one attached hydrogen (secondary N) is 1. The van der Waals surface area contributed by atoms with Crippen LogP contribution in [0.15, 0.2) is 54.6 Å². The third-order valence-electron chi connectivity index (χ3n) is 3.76. The highest BCUT2D eigenvalue weighted by Gasteiger charge is 2.25. The van der Waals surface area contributed by atoms with E-state index in [4.69, 9.17) is 9.47 Å². The number of nitro groups is 1. The van der Waals surface area contributed by atoms with E-state index in [1.807, 2.05) is 44.2 Å². The summed E-state index contributed by atoms with van der Waals surface area (Å²) in [6.45, 7) is 3.89. The van der Waals surface area contributed by atoms with E-state index in [-0.39, 0.29) is 24.0 Å². The molecule has 2 aromatic rings. The third kappa shape index (κ3) is 6.71. The average molecular weight is 386 g/mol. The van der Waals surface area contributed by atoms with Crippen LogP contribution in [0.4, 0.5) is 10.5 Å². The summed E-state index contributed by atoms with van der Waals surface area (Å²) >= 11 is 0. The van der Waals surface area contributed by atoms with Gasteiger partial charge in [0.25, 0.3) is 5.69 Å². The van der Waals surface area contributed by atoms with Gasteiger partial charge in [0.1, 0.15) is 18.4 Å². The van der Waals surface area contributed by atoms with Crippen molar-refractivity contribution in [2.45, 2.75) is 32.9 Å². The molecule has 0 aliphatic heterocycles. The molecule has 0 bridgehead atoms. The van der Waals surface area contributed by atoms with Crippen molar-refractivity contribution in [2.75, 3.05) is 0 Å². The number of hydrogen-bond acceptors (Lipinski definition) is 6. The molecule has 8 nitrogen and oxygen atoms in total. The van der Waals surface area contributed by atoms with Crippen LogP contribution in [0, 0.1) is 16.0 Å². The number of nitro benzene ring substituents is 1. The van der Waals surface area contributed by atoms with Gasteiger partial charge in [0.2, 0.25) is 0 Å². The monoisotopic (exact) mass is 386 g/mol. The normalized spacial score (nSPS) is 11.5. The van der Waals surface area contributed by atoms with Crippen LogP contribution in [0.1, 0.15) is 25.8 Å². The quantitative estimate of drug-likeness (QED) is 0.320. The number of ether oxygens (including phenoxy) is 2. The van der Waals surface area contributed by atoms with Crippen LogP contribution in [0.3, 0.4) is 0 Å². The molecule has 0 aliphatic carbocycles. The van der Waals surface area contributed by atoms with Gasteiger partial charge in [-0.2, -0.15) is 0 Å². The highest BCUT2D eigenvalue weighted by molar-refractivity contribution is 5.83. The lowest BCUT2D eigenvalue weighted by molar-refractivity contribution is -0.384. The van der Waals surface area contributed by atoms with E-state index in [1.54, 1.807) is 0 Å². The SMILES string of the molecule is CC(C)C[C@@H](NC(=O)OCc1ccccc1)C(=O)Oc1ccc([N+](=O)[O-])cc1. The van der Waals surface area contributed by atoms with Gasteiger partial charge in [-0.05, 0) is 30.0 Å². The van der Waals surface area contributed by atoms with Gasteiger partial charge < -0.3 is 14.8 Å². The predicted octanol–water partition coefficient (Wildman–Crippen LogP) is 3.84. The molecule has 1 N–H and O–H groups in total. The number of non-ortho nitro benzene ring substituents is 1. The number of alkyl carbamates (subject to hydrolysis) is 1. The minimum atomic E-state index is -0.904. The fourth-order valence-electron chi connectivity index (χ4n) is 2.42. The van der Waals surface area contributed by atoms with Crippen LogP contribution in [-0.2, 0) is 16.1 Å². The molecule has 1 amide bonds. The zero-order valence-corrected chi connectivity index (χ0v) is 15.7. The Balaban J connectivity index is 1.95. The molecular weight excluding hydrogens is 364 g/mol. The van der Waals surface area contributed by atoms with Crippen molar-refractivity contribution in [1.82, 2.24) is 5.32 Å². The highest BCUT2D eigenvalue weighted by Crippen LogP contribution is 2.18. The Morgan fingerprint density at radius 1 is 1.07 bits per heavy atom. The van der Waals surface area contributed by atoms with E-state index < -0.39 is 23.0 Å². The topological polar surface area (TPSA) is 108 Å². The number of benzene rings is 2. The van der Waals surface area contributed by atoms with Crippen molar-refractivity contribution in [3.63, 3.8) is 0 Å². The lowest BCUT2D eigenvalue weighted by Gasteiger charge is -2.19. The summed E-state index contributed by atoms with van der Waals surface area (Å²) < 4.78 is 10.4. The maximum atomic E-state index is 12.5. The molecule has 2 rings (SSSR count). The second kappa shape index (κ2) is 10.1. The number of carbonyl (C=O) groups is 2. The summed E-state index contributed by atoms with van der Waals surface area (Å²) in [6, 6.07) is 13.4. The van der Waals surface area contributed by atoms with E-state index in [1.165, 1.54) is 24.3 Å². The van der Waals surface area contributed by atoms with Gasteiger partial charge in [0.15, 0.2) is 0 Å². The Bertz CT molecular complexity index is 805. The first-order valence-electron chi connectivity index (χ1n) is 8.78. The van der Waals surface area contributed by atoms with E-state index in [0.717, 1.165) is 5.56 Å². The molecule has 0 heterocycles. The minimum absolute atomic E-state index is 0.0818. The standard InChI is InChI=1S/C20H22N2O6/c1-14(2)12-18(21-20(24)27-13-15-6-4-3-5-7-15)19(23)28-17-10-8-16(9-11-17)22(25)26/h3-11,14,18H,12-13H2,1-2H3,(H,21,24)/t18-/m1/s1. The molecule has 0 unspecified atom stereocenters. The van der Waals surface area contributed by atoms with E-state index >= 15 is 0 Å². The van der Waals surface area contributed by atoms with Crippen LogP contribution >= 0.6 is 0 Å². The highest BCUT2D eigenvalue weighted by atomic mass is 16.6. The number of nitrogens with zero attached hydrogens (tertiary/aromatic N) is 1. The van der Waals surface area contributed by atoms with Crippen molar-refractivity contribution in [1.29, 1.82) is 0 Å².